The molecule has 8 heteroatoms. The maximum absolute atomic E-state index is 14.3. The van der Waals surface area contributed by atoms with Gasteiger partial charge in [0, 0.05) is 16.7 Å². The molecule has 0 spiro atoms. The molecule has 1 aromatic heterocycles. The fourth-order valence-electron chi connectivity index (χ4n) is 5.38. The smallest absolute Gasteiger partial charge is 0.338 e. The van der Waals surface area contributed by atoms with E-state index in [0.717, 1.165) is 21.9 Å². The number of hydrogen-bond acceptors (Lipinski definition) is 7. The average Bonchev–Trinajstić information content (AvgIpc) is 3.34. The lowest BCUT2D eigenvalue weighted by Gasteiger charge is -2.28. The number of para-hydroxylation sites is 1. The van der Waals surface area contributed by atoms with Gasteiger partial charge in [-0.3, -0.25) is 9.36 Å². The fraction of sp³-hybridized carbons (Fsp3) is 0.147. The summed E-state index contributed by atoms with van der Waals surface area (Å²) in [5, 5.41) is 1.81. The van der Waals surface area contributed by atoms with Crippen LogP contribution in [0.4, 0.5) is 0 Å². The van der Waals surface area contributed by atoms with Crippen molar-refractivity contribution < 1.29 is 19.0 Å². The molecule has 6 rings (SSSR count). The Morgan fingerprint density at radius 3 is 2.38 bits per heavy atom. The fourth-order valence-corrected chi connectivity index (χ4v) is 6.37. The van der Waals surface area contributed by atoms with E-state index in [0.29, 0.717) is 32.1 Å². The van der Waals surface area contributed by atoms with Crippen LogP contribution in [0.1, 0.15) is 29.7 Å². The molecule has 1 aliphatic rings. The number of rotatable bonds is 7. The quantitative estimate of drug-likeness (QED) is 0.252. The first kappa shape index (κ1) is 27.2. The van der Waals surface area contributed by atoms with Gasteiger partial charge in [-0.05, 0) is 35.9 Å². The zero-order valence-corrected chi connectivity index (χ0v) is 24.2. The van der Waals surface area contributed by atoms with Gasteiger partial charge in [0.2, 0.25) is 0 Å². The monoisotopic (exact) mass is 576 g/mol. The molecule has 1 atom stereocenters. The summed E-state index contributed by atoms with van der Waals surface area (Å²) in [7, 11) is 3.18. The number of methoxy groups -OCH3 is 2. The Kier molecular flexibility index (Phi) is 7.46. The van der Waals surface area contributed by atoms with Gasteiger partial charge in [-0.1, -0.05) is 90.2 Å². The molecule has 1 aliphatic heterocycles. The summed E-state index contributed by atoms with van der Waals surface area (Å²) in [5.41, 5.74) is 2.64. The Balaban J connectivity index is 1.75. The molecule has 4 aromatic carbocycles. The number of thiazole rings is 1. The number of benzene rings is 4. The third kappa shape index (κ3) is 4.69. The highest BCUT2D eigenvalue weighted by Crippen LogP contribution is 2.42. The molecular weight excluding hydrogens is 548 g/mol. The van der Waals surface area contributed by atoms with Crippen molar-refractivity contribution in [2.24, 2.45) is 4.99 Å². The van der Waals surface area contributed by atoms with Crippen LogP contribution in [-0.4, -0.2) is 31.4 Å². The summed E-state index contributed by atoms with van der Waals surface area (Å²) in [4.78, 5) is 33.6. The molecule has 0 bridgehead atoms. The van der Waals surface area contributed by atoms with Crippen molar-refractivity contribution in [2.45, 2.75) is 13.0 Å². The Morgan fingerprint density at radius 1 is 0.905 bits per heavy atom. The van der Waals surface area contributed by atoms with E-state index in [9.17, 15) is 9.59 Å². The van der Waals surface area contributed by atoms with Crippen LogP contribution in [0, 0.1) is 0 Å². The predicted octanol–water partition coefficient (Wildman–Crippen LogP) is 5.11. The van der Waals surface area contributed by atoms with Crippen LogP contribution in [0.3, 0.4) is 0 Å². The normalized spacial score (nSPS) is 14.8. The molecule has 7 nitrogen and oxygen atoms in total. The third-order valence-electron chi connectivity index (χ3n) is 7.22. The van der Waals surface area contributed by atoms with Crippen LogP contribution in [0.2, 0.25) is 0 Å². The SMILES string of the molecule is CCOC(=O)C1=C(c2ccccc2)N=c2sc(=Cc3ccccc3OC)c(=O)n2C1c1c(OC)ccc2ccccc12. The number of nitrogens with zero attached hydrogens (tertiary/aromatic N) is 2. The molecule has 0 saturated carbocycles. The van der Waals surface area contributed by atoms with Gasteiger partial charge in [0.1, 0.15) is 17.5 Å². The highest BCUT2D eigenvalue weighted by molar-refractivity contribution is 7.07. The van der Waals surface area contributed by atoms with Crippen LogP contribution in [0.15, 0.2) is 106 Å². The number of ether oxygens (including phenoxy) is 3. The zero-order valence-electron chi connectivity index (χ0n) is 23.4. The number of carbonyl (C=O) groups excluding carboxylic acids is 1. The molecule has 0 saturated heterocycles. The topological polar surface area (TPSA) is 79.1 Å². The molecule has 2 heterocycles. The largest absolute Gasteiger partial charge is 0.496 e. The van der Waals surface area contributed by atoms with Crippen molar-refractivity contribution in [1.29, 1.82) is 0 Å². The molecule has 0 amide bonds. The molecular formula is C34H28N2O5S. The van der Waals surface area contributed by atoms with Gasteiger partial charge in [-0.25, -0.2) is 9.79 Å². The van der Waals surface area contributed by atoms with Gasteiger partial charge in [-0.15, -0.1) is 0 Å². The summed E-state index contributed by atoms with van der Waals surface area (Å²) >= 11 is 1.26. The molecule has 1 unspecified atom stereocenters. The van der Waals surface area contributed by atoms with Gasteiger partial charge in [0.05, 0.1) is 36.6 Å². The van der Waals surface area contributed by atoms with Gasteiger partial charge in [0.25, 0.3) is 5.56 Å². The number of fused-ring (bicyclic) bond motifs is 2. The maximum atomic E-state index is 14.3. The summed E-state index contributed by atoms with van der Waals surface area (Å²) in [6, 6.07) is 27.8. The molecule has 210 valence electrons. The minimum absolute atomic E-state index is 0.169. The zero-order chi connectivity index (χ0) is 29.2. The van der Waals surface area contributed by atoms with Gasteiger partial charge < -0.3 is 14.2 Å². The second-order valence-electron chi connectivity index (χ2n) is 9.58. The van der Waals surface area contributed by atoms with Crippen LogP contribution in [-0.2, 0) is 9.53 Å². The number of esters is 1. The first-order chi connectivity index (χ1) is 20.5. The van der Waals surface area contributed by atoms with Crippen LogP contribution < -0.4 is 24.4 Å². The molecule has 0 aliphatic carbocycles. The third-order valence-corrected chi connectivity index (χ3v) is 8.21. The first-order valence-corrected chi connectivity index (χ1v) is 14.3. The van der Waals surface area contributed by atoms with Gasteiger partial charge in [0.15, 0.2) is 4.80 Å². The maximum Gasteiger partial charge on any atom is 0.338 e. The van der Waals surface area contributed by atoms with E-state index in [1.54, 1.807) is 31.8 Å². The van der Waals surface area contributed by atoms with E-state index in [-0.39, 0.29) is 17.7 Å². The van der Waals surface area contributed by atoms with Crippen LogP contribution >= 0.6 is 11.3 Å². The van der Waals surface area contributed by atoms with Crippen molar-refractivity contribution in [3.63, 3.8) is 0 Å². The Bertz CT molecular complexity index is 2020. The Morgan fingerprint density at radius 2 is 1.62 bits per heavy atom. The summed E-state index contributed by atoms with van der Waals surface area (Å²) in [6.45, 7) is 1.93. The standard InChI is InChI=1S/C34H28N2O5S/c1-4-41-33(38)29-30(22-13-6-5-7-14-22)35-34-36(32(37)27(42-34)20-23-15-9-11-17-25(23)39-2)31(29)28-24-16-10-8-12-21(24)18-19-26(28)40-3/h5-20,31H,4H2,1-3H3. The summed E-state index contributed by atoms with van der Waals surface area (Å²) in [5.74, 6) is 0.654. The molecule has 0 radical (unpaired) electrons. The lowest BCUT2D eigenvalue weighted by Crippen LogP contribution is -2.40. The minimum atomic E-state index is -0.864. The molecule has 42 heavy (non-hydrogen) atoms. The summed E-state index contributed by atoms with van der Waals surface area (Å²) in [6.07, 6.45) is 1.80. The molecule has 0 N–H and O–H groups in total. The van der Waals surface area contributed by atoms with E-state index < -0.39 is 12.0 Å². The van der Waals surface area contributed by atoms with Crippen LogP contribution in [0.25, 0.3) is 22.5 Å². The highest BCUT2D eigenvalue weighted by Gasteiger charge is 2.37. The Labute approximate surface area is 246 Å². The van der Waals surface area contributed by atoms with E-state index in [4.69, 9.17) is 19.2 Å². The van der Waals surface area contributed by atoms with Gasteiger partial charge >= 0.3 is 5.97 Å². The van der Waals surface area contributed by atoms with E-state index in [1.807, 2.05) is 91.0 Å². The van der Waals surface area contributed by atoms with Gasteiger partial charge in [-0.2, -0.15) is 0 Å². The second-order valence-corrected chi connectivity index (χ2v) is 10.6. The number of aromatic nitrogens is 1. The van der Waals surface area contributed by atoms with Crippen molar-refractivity contribution in [1.82, 2.24) is 4.57 Å². The van der Waals surface area contributed by atoms with Crippen molar-refractivity contribution in [3.05, 3.63) is 133 Å². The van der Waals surface area contributed by atoms with E-state index in [2.05, 4.69) is 0 Å². The van der Waals surface area contributed by atoms with Crippen molar-refractivity contribution in [2.75, 3.05) is 20.8 Å². The van der Waals surface area contributed by atoms with Crippen LogP contribution in [0.5, 0.6) is 11.5 Å². The average molecular weight is 577 g/mol. The lowest BCUT2D eigenvalue weighted by atomic mass is 9.89. The minimum Gasteiger partial charge on any atom is -0.496 e. The first-order valence-electron chi connectivity index (χ1n) is 13.5. The number of carbonyl (C=O) groups is 1. The highest BCUT2D eigenvalue weighted by atomic mass is 32.1. The molecule has 0 fully saturated rings. The van der Waals surface area contributed by atoms with Crippen molar-refractivity contribution >= 4 is 39.9 Å². The van der Waals surface area contributed by atoms with E-state index in [1.165, 1.54) is 11.3 Å². The van der Waals surface area contributed by atoms with E-state index >= 15 is 0 Å². The Hall–Kier alpha value is -4.95. The lowest BCUT2D eigenvalue weighted by molar-refractivity contribution is -0.138. The number of hydrogen-bond donors (Lipinski definition) is 0. The molecule has 5 aromatic rings. The second kappa shape index (κ2) is 11.5. The predicted molar refractivity (Wildman–Crippen MR) is 165 cm³/mol. The van der Waals surface area contributed by atoms with Crippen molar-refractivity contribution in [3.8, 4) is 11.5 Å². The summed E-state index contributed by atoms with van der Waals surface area (Å²) < 4.78 is 19.1.